The molecule has 1 heterocycles. The maximum absolute atomic E-state index is 12.2. The van der Waals surface area contributed by atoms with Gasteiger partial charge in [0.1, 0.15) is 0 Å². The first-order chi connectivity index (χ1) is 18.1. The zero-order valence-corrected chi connectivity index (χ0v) is 24.2. The highest BCUT2D eigenvalue weighted by molar-refractivity contribution is 5.76. The fourth-order valence-corrected chi connectivity index (χ4v) is 6.64. The summed E-state index contributed by atoms with van der Waals surface area (Å²) in [5.74, 6) is 0.949. The Morgan fingerprint density at radius 3 is 2.37 bits per heavy atom. The Kier molecular flexibility index (Phi) is 9.15. The fraction of sp³-hybridized carbons (Fsp3) is 0.559. The second kappa shape index (κ2) is 12.2. The van der Waals surface area contributed by atoms with Gasteiger partial charge in [-0.3, -0.25) is 9.69 Å². The normalized spacial score (nSPS) is 23.9. The third-order valence-electron chi connectivity index (χ3n) is 9.19. The third kappa shape index (κ3) is 6.76. The molecule has 0 N–H and O–H groups in total. The van der Waals surface area contributed by atoms with Gasteiger partial charge in [-0.1, -0.05) is 73.2 Å². The molecule has 2 aromatic carbocycles. The summed E-state index contributed by atoms with van der Waals surface area (Å²) in [7, 11) is 3.34. The van der Waals surface area contributed by atoms with Crippen LogP contribution in [0.3, 0.4) is 0 Å². The molecule has 2 aromatic rings. The summed E-state index contributed by atoms with van der Waals surface area (Å²) in [4.78, 5) is 14.7. The number of nitrogens with zero attached hydrogens (tertiary/aromatic N) is 1. The van der Waals surface area contributed by atoms with E-state index in [1.165, 1.54) is 34.9 Å². The molecule has 2 aliphatic rings. The fourth-order valence-electron chi connectivity index (χ4n) is 6.64. The zero-order valence-electron chi connectivity index (χ0n) is 24.2. The highest BCUT2D eigenvalue weighted by atomic mass is 16.5. The average molecular weight is 518 g/mol. The third-order valence-corrected chi connectivity index (χ3v) is 9.19. The monoisotopic (exact) mass is 517 g/mol. The van der Waals surface area contributed by atoms with Crippen molar-refractivity contribution in [2.45, 2.75) is 83.8 Å². The first-order valence-electron chi connectivity index (χ1n) is 14.3. The van der Waals surface area contributed by atoms with Crippen molar-refractivity contribution in [3.63, 3.8) is 0 Å². The lowest BCUT2D eigenvalue weighted by Crippen LogP contribution is -2.62. The quantitative estimate of drug-likeness (QED) is 0.232. The molecule has 0 radical (unpaired) electrons. The molecule has 4 heteroatoms. The Morgan fingerprint density at radius 1 is 1.08 bits per heavy atom. The van der Waals surface area contributed by atoms with Crippen LogP contribution in [0.2, 0.25) is 0 Å². The van der Waals surface area contributed by atoms with Crippen molar-refractivity contribution in [3.8, 4) is 0 Å². The Bertz CT molecular complexity index is 1090. The summed E-state index contributed by atoms with van der Waals surface area (Å²) in [6.07, 6.45) is 6.90. The van der Waals surface area contributed by atoms with Gasteiger partial charge < -0.3 is 9.47 Å². The highest BCUT2D eigenvalue weighted by Gasteiger charge is 2.45. The molecular weight excluding hydrogens is 470 g/mol. The SMILES string of the molecule is C=C(CC1(OC)CN(Cc2cc(C)cc(CCC(C)c3ccccc3)c2)C1)C1CCC(C)(C(=O)OC)CC1. The summed E-state index contributed by atoms with van der Waals surface area (Å²) in [5, 5.41) is 0. The standard InChI is InChI=1S/C34H47NO3/c1-25-18-28(13-12-26(2)30-10-8-7-9-11-30)20-29(19-25)22-35-23-34(24-35,38-6)21-27(3)31-14-16-33(4,17-15-31)32(36)37-5/h7-11,18-20,26,31H,3,12-17,21-24H2,1-2,4-6H3. The van der Waals surface area contributed by atoms with Gasteiger partial charge in [-0.15, -0.1) is 0 Å². The molecule has 2 fully saturated rings. The molecule has 1 aliphatic heterocycles. The topological polar surface area (TPSA) is 38.8 Å². The molecule has 38 heavy (non-hydrogen) atoms. The van der Waals surface area contributed by atoms with Gasteiger partial charge in [0.2, 0.25) is 0 Å². The number of esters is 1. The van der Waals surface area contributed by atoms with Crippen LogP contribution in [0.15, 0.2) is 60.7 Å². The molecule has 4 rings (SSSR count). The van der Waals surface area contributed by atoms with Gasteiger partial charge in [0.15, 0.2) is 0 Å². The lowest BCUT2D eigenvalue weighted by Gasteiger charge is -2.50. The zero-order chi connectivity index (χ0) is 27.3. The van der Waals surface area contributed by atoms with Gasteiger partial charge in [-0.2, -0.15) is 0 Å². The van der Waals surface area contributed by atoms with Gasteiger partial charge in [-0.25, -0.2) is 0 Å². The van der Waals surface area contributed by atoms with E-state index in [9.17, 15) is 4.79 Å². The van der Waals surface area contributed by atoms with Crippen molar-refractivity contribution in [2.24, 2.45) is 11.3 Å². The summed E-state index contributed by atoms with van der Waals surface area (Å²) >= 11 is 0. The van der Waals surface area contributed by atoms with Crippen LogP contribution in [-0.2, 0) is 27.2 Å². The molecule has 4 nitrogen and oxygen atoms in total. The number of carbonyl (C=O) groups excluding carboxylic acids is 1. The Labute approximate surface area is 230 Å². The van der Waals surface area contributed by atoms with Crippen molar-refractivity contribution in [2.75, 3.05) is 27.3 Å². The lowest BCUT2D eigenvalue weighted by molar-refractivity contribution is -0.154. The van der Waals surface area contributed by atoms with Crippen LogP contribution >= 0.6 is 0 Å². The van der Waals surface area contributed by atoms with E-state index < -0.39 is 0 Å². The van der Waals surface area contributed by atoms with E-state index in [1.54, 1.807) is 0 Å². The number of hydrogen-bond donors (Lipinski definition) is 0. The van der Waals surface area contributed by atoms with Crippen molar-refractivity contribution < 1.29 is 14.3 Å². The molecule has 0 spiro atoms. The number of hydrogen-bond acceptors (Lipinski definition) is 4. The minimum atomic E-state index is -0.343. The van der Waals surface area contributed by atoms with Gasteiger partial charge in [0, 0.05) is 26.7 Å². The van der Waals surface area contributed by atoms with E-state index >= 15 is 0 Å². The molecule has 0 bridgehead atoms. The molecule has 1 atom stereocenters. The molecule has 1 unspecified atom stereocenters. The van der Waals surface area contributed by atoms with Crippen LogP contribution in [0.1, 0.15) is 80.5 Å². The number of carbonyl (C=O) groups is 1. The van der Waals surface area contributed by atoms with Crippen LogP contribution in [0, 0.1) is 18.3 Å². The maximum atomic E-state index is 12.2. The van der Waals surface area contributed by atoms with Gasteiger partial charge in [0.05, 0.1) is 18.1 Å². The number of ether oxygens (including phenoxy) is 2. The highest BCUT2D eigenvalue weighted by Crippen LogP contribution is 2.44. The molecule has 1 saturated heterocycles. The number of methoxy groups -OCH3 is 2. The largest absolute Gasteiger partial charge is 0.469 e. The predicted molar refractivity (Wildman–Crippen MR) is 155 cm³/mol. The minimum absolute atomic E-state index is 0.0745. The summed E-state index contributed by atoms with van der Waals surface area (Å²) in [5.41, 5.74) is 6.39. The van der Waals surface area contributed by atoms with Crippen molar-refractivity contribution in [1.29, 1.82) is 0 Å². The Balaban J connectivity index is 1.28. The van der Waals surface area contributed by atoms with Gasteiger partial charge in [-0.05, 0) is 87.3 Å². The first kappa shape index (κ1) is 28.6. The Morgan fingerprint density at radius 2 is 1.74 bits per heavy atom. The molecule has 0 aromatic heterocycles. The lowest BCUT2D eigenvalue weighted by atomic mass is 9.68. The van der Waals surface area contributed by atoms with Crippen LogP contribution in [0.5, 0.6) is 0 Å². The van der Waals surface area contributed by atoms with E-state index in [0.717, 1.165) is 64.6 Å². The van der Waals surface area contributed by atoms with Crippen molar-refractivity contribution in [1.82, 2.24) is 4.90 Å². The summed E-state index contributed by atoms with van der Waals surface area (Å²) in [6, 6.07) is 17.9. The van der Waals surface area contributed by atoms with Crippen LogP contribution in [0.4, 0.5) is 0 Å². The van der Waals surface area contributed by atoms with Crippen molar-refractivity contribution in [3.05, 3.63) is 82.9 Å². The minimum Gasteiger partial charge on any atom is -0.469 e. The number of aryl methyl sites for hydroxylation is 2. The van der Waals surface area contributed by atoms with E-state index in [4.69, 9.17) is 9.47 Å². The number of rotatable bonds is 11. The second-order valence-corrected chi connectivity index (χ2v) is 12.4. The molecule has 1 saturated carbocycles. The van der Waals surface area contributed by atoms with E-state index in [-0.39, 0.29) is 17.0 Å². The number of benzene rings is 2. The van der Waals surface area contributed by atoms with Crippen LogP contribution in [-0.4, -0.2) is 43.8 Å². The van der Waals surface area contributed by atoms with Crippen LogP contribution < -0.4 is 0 Å². The van der Waals surface area contributed by atoms with Crippen LogP contribution in [0.25, 0.3) is 0 Å². The summed E-state index contributed by atoms with van der Waals surface area (Å²) < 4.78 is 11.1. The predicted octanol–water partition coefficient (Wildman–Crippen LogP) is 7.25. The average Bonchev–Trinajstić information content (AvgIpc) is 2.90. The first-order valence-corrected chi connectivity index (χ1v) is 14.3. The van der Waals surface area contributed by atoms with Gasteiger partial charge >= 0.3 is 5.97 Å². The van der Waals surface area contributed by atoms with E-state index in [0.29, 0.717) is 11.8 Å². The Hall–Kier alpha value is -2.43. The molecule has 1 aliphatic carbocycles. The maximum Gasteiger partial charge on any atom is 0.311 e. The second-order valence-electron chi connectivity index (χ2n) is 12.4. The smallest absolute Gasteiger partial charge is 0.311 e. The van der Waals surface area contributed by atoms with E-state index in [1.807, 2.05) is 14.0 Å². The molecule has 206 valence electrons. The number of likely N-dealkylation sites (tertiary alicyclic amines) is 1. The molecular formula is C34H47NO3. The molecule has 0 amide bonds. The van der Waals surface area contributed by atoms with Crippen molar-refractivity contribution >= 4 is 5.97 Å². The summed E-state index contributed by atoms with van der Waals surface area (Å²) in [6.45, 7) is 13.9. The van der Waals surface area contributed by atoms with Gasteiger partial charge in [0.25, 0.3) is 0 Å². The van der Waals surface area contributed by atoms with E-state index in [2.05, 4.69) is 73.9 Å².